The van der Waals surface area contributed by atoms with Crippen molar-refractivity contribution < 1.29 is 14.3 Å². The number of nitrogens with zero attached hydrogens (tertiary/aromatic N) is 1. The Labute approximate surface area is 144 Å². The van der Waals surface area contributed by atoms with Crippen LogP contribution in [0.2, 0.25) is 0 Å². The van der Waals surface area contributed by atoms with Crippen molar-refractivity contribution in [1.29, 1.82) is 0 Å². The number of likely N-dealkylation sites (N-methyl/N-ethyl adjacent to an activating group) is 1. The number of benzene rings is 1. The molecule has 1 aliphatic carbocycles. The van der Waals surface area contributed by atoms with Gasteiger partial charge in [0.2, 0.25) is 5.91 Å². The first-order valence-corrected chi connectivity index (χ1v) is 7.75. The number of carbonyl (C=O) groups is 1. The largest absolute Gasteiger partial charge is 0.497 e. The molecule has 0 saturated heterocycles. The predicted octanol–water partition coefficient (Wildman–Crippen LogP) is 2.75. The van der Waals surface area contributed by atoms with Crippen LogP contribution in [0, 0.1) is 0 Å². The summed E-state index contributed by atoms with van der Waals surface area (Å²) in [7, 11) is 5.03. The molecule has 0 atom stereocenters. The molecule has 0 heterocycles. The number of halogens is 1. The highest BCUT2D eigenvalue weighted by Gasteiger charge is 2.37. The average Bonchev–Trinajstić information content (AvgIpc) is 2.55. The molecule has 0 bridgehead atoms. The third-order valence-corrected chi connectivity index (χ3v) is 4.42. The minimum atomic E-state index is -0.702. The molecular weight excluding hydrogens is 316 g/mol. The molecule has 1 aliphatic rings. The predicted molar refractivity (Wildman–Crippen MR) is 93.3 cm³/mol. The molecule has 0 aliphatic heterocycles. The highest BCUT2D eigenvalue weighted by atomic mass is 35.5. The SMILES string of the molecule is COc1ccc(CN(C)C(=O)C2(N)CCCCC2)c(OC)c1.Cl. The fourth-order valence-electron chi connectivity index (χ4n) is 3.09. The summed E-state index contributed by atoms with van der Waals surface area (Å²) in [5.74, 6) is 1.47. The lowest BCUT2D eigenvalue weighted by atomic mass is 9.81. The fraction of sp³-hybridized carbons (Fsp3) is 0.588. The zero-order valence-electron chi connectivity index (χ0n) is 14.1. The van der Waals surface area contributed by atoms with Crippen molar-refractivity contribution in [3.63, 3.8) is 0 Å². The van der Waals surface area contributed by atoms with Crippen molar-refractivity contribution in [2.45, 2.75) is 44.2 Å². The van der Waals surface area contributed by atoms with E-state index in [2.05, 4.69) is 0 Å². The van der Waals surface area contributed by atoms with E-state index in [1.807, 2.05) is 18.2 Å². The first-order chi connectivity index (χ1) is 10.5. The molecule has 1 fully saturated rings. The molecule has 1 aromatic carbocycles. The number of methoxy groups -OCH3 is 2. The van der Waals surface area contributed by atoms with Crippen molar-refractivity contribution in [3.05, 3.63) is 23.8 Å². The summed E-state index contributed by atoms with van der Waals surface area (Å²) >= 11 is 0. The first-order valence-electron chi connectivity index (χ1n) is 7.75. The Morgan fingerprint density at radius 1 is 1.22 bits per heavy atom. The Kier molecular flexibility index (Phi) is 7.16. The van der Waals surface area contributed by atoms with Gasteiger partial charge in [-0.3, -0.25) is 4.79 Å². The van der Waals surface area contributed by atoms with E-state index in [9.17, 15) is 4.79 Å². The second kappa shape index (κ2) is 8.41. The summed E-state index contributed by atoms with van der Waals surface area (Å²) in [5, 5.41) is 0. The standard InChI is InChI=1S/C17H26N2O3.ClH/c1-19(16(20)17(18)9-5-4-6-10-17)12-13-7-8-14(21-2)11-15(13)22-3;/h7-8,11H,4-6,9-10,12,18H2,1-3H3;1H. The molecule has 0 radical (unpaired) electrons. The normalized spacial score (nSPS) is 16.2. The molecule has 5 nitrogen and oxygen atoms in total. The molecule has 130 valence electrons. The number of ether oxygens (including phenoxy) is 2. The van der Waals surface area contributed by atoms with E-state index in [1.54, 1.807) is 26.2 Å². The molecule has 0 aromatic heterocycles. The lowest BCUT2D eigenvalue weighted by molar-refractivity contribution is -0.137. The van der Waals surface area contributed by atoms with E-state index in [-0.39, 0.29) is 18.3 Å². The van der Waals surface area contributed by atoms with Gasteiger partial charge in [0.1, 0.15) is 11.5 Å². The average molecular weight is 343 g/mol. The number of nitrogens with two attached hydrogens (primary N) is 1. The van der Waals surface area contributed by atoms with Crippen LogP contribution < -0.4 is 15.2 Å². The second-order valence-corrected chi connectivity index (χ2v) is 6.06. The van der Waals surface area contributed by atoms with Gasteiger partial charge in [-0.2, -0.15) is 0 Å². The van der Waals surface area contributed by atoms with Crippen molar-refractivity contribution in [3.8, 4) is 11.5 Å². The first kappa shape index (κ1) is 19.6. The topological polar surface area (TPSA) is 64.8 Å². The summed E-state index contributed by atoms with van der Waals surface area (Å²) < 4.78 is 10.6. The van der Waals surface area contributed by atoms with Crippen LogP contribution in [0.25, 0.3) is 0 Å². The monoisotopic (exact) mass is 342 g/mol. The van der Waals surface area contributed by atoms with Crippen LogP contribution >= 0.6 is 12.4 Å². The molecule has 23 heavy (non-hydrogen) atoms. The van der Waals surface area contributed by atoms with Gasteiger partial charge >= 0.3 is 0 Å². The van der Waals surface area contributed by atoms with Gasteiger partial charge in [-0.25, -0.2) is 0 Å². The van der Waals surface area contributed by atoms with Gasteiger partial charge in [-0.05, 0) is 25.0 Å². The van der Waals surface area contributed by atoms with E-state index < -0.39 is 5.54 Å². The van der Waals surface area contributed by atoms with Gasteiger partial charge in [0, 0.05) is 25.2 Å². The Morgan fingerprint density at radius 3 is 2.43 bits per heavy atom. The van der Waals surface area contributed by atoms with Crippen LogP contribution in [0.4, 0.5) is 0 Å². The van der Waals surface area contributed by atoms with Gasteiger partial charge in [-0.15, -0.1) is 12.4 Å². The van der Waals surface area contributed by atoms with E-state index in [0.717, 1.165) is 37.0 Å². The Hall–Kier alpha value is -1.46. The van der Waals surface area contributed by atoms with Crippen LogP contribution in [-0.2, 0) is 11.3 Å². The maximum absolute atomic E-state index is 12.7. The van der Waals surface area contributed by atoms with Crippen molar-refractivity contribution in [2.75, 3.05) is 21.3 Å². The van der Waals surface area contributed by atoms with Gasteiger partial charge in [0.05, 0.1) is 19.8 Å². The zero-order valence-corrected chi connectivity index (χ0v) is 14.9. The van der Waals surface area contributed by atoms with E-state index in [4.69, 9.17) is 15.2 Å². The number of hydrogen-bond acceptors (Lipinski definition) is 4. The van der Waals surface area contributed by atoms with Gasteiger partial charge in [-0.1, -0.05) is 19.3 Å². The minimum absolute atomic E-state index is 0. The van der Waals surface area contributed by atoms with Gasteiger partial charge < -0.3 is 20.1 Å². The maximum atomic E-state index is 12.7. The lowest BCUT2D eigenvalue weighted by Crippen LogP contribution is -2.55. The van der Waals surface area contributed by atoms with E-state index >= 15 is 0 Å². The lowest BCUT2D eigenvalue weighted by Gasteiger charge is -2.35. The Morgan fingerprint density at radius 2 is 1.87 bits per heavy atom. The summed E-state index contributed by atoms with van der Waals surface area (Å²) in [5.41, 5.74) is 6.57. The number of hydrogen-bond donors (Lipinski definition) is 1. The van der Waals surface area contributed by atoms with Crippen molar-refractivity contribution in [1.82, 2.24) is 4.90 Å². The summed E-state index contributed by atoms with van der Waals surface area (Å²) in [6.45, 7) is 0.477. The third kappa shape index (κ3) is 4.52. The molecule has 1 saturated carbocycles. The molecule has 0 spiro atoms. The van der Waals surface area contributed by atoms with Crippen molar-refractivity contribution in [2.24, 2.45) is 5.73 Å². The molecule has 0 unspecified atom stereocenters. The fourth-order valence-corrected chi connectivity index (χ4v) is 3.09. The molecular formula is C17H27ClN2O3. The molecule has 1 amide bonds. The summed E-state index contributed by atoms with van der Waals surface area (Å²) in [6.07, 6.45) is 4.78. The maximum Gasteiger partial charge on any atom is 0.242 e. The molecule has 6 heteroatoms. The highest BCUT2D eigenvalue weighted by molar-refractivity contribution is 5.86. The number of carbonyl (C=O) groups excluding carboxylic acids is 1. The Balaban J connectivity index is 0.00000264. The molecule has 1 aromatic rings. The van der Waals surface area contributed by atoms with Crippen LogP contribution in [0.3, 0.4) is 0 Å². The van der Waals surface area contributed by atoms with E-state index in [0.29, 0.717) is 12.3 Å². The molecule has 2 rings (SSSR count). The summed E-state index contributed by atoms with van der Waals surface area (Å²) in [6, 6.07) is 5.62. The second-order valence-electron chi connectivity index (χ2n) is 6.06. The van der Waals surface area contributed by atoms with Crippen molar-refractivity contribution >= 4 is 18.3 Å². The van der Waals surface area contributed by atoms with Crippen LogP contribution in [0.1, 0.15) is 37.7 Å². The number of rotatable bonds is 5. The van der Waals surface area contributed by atoms with Gasteiger partial charge in [0.15, 0.2) is 0 Å². The van der Waals surface area contributed by atoms with Crippen LogP contribution in [0.5, 0.6) is 11.5 Å². The van der Waals surface area contributed by atoms with Crippen LogP contribution in [-0.4, -0.2) is 37.6 Å². The highest BCUT2D eigenvalue weighted by Crippen LogP contribution is 2.29. The van der Waals surface area contributed by atoms with Crippen LogP contribution in [0.15, 0.2) is 18.2 Å². The smallest absolute Gasteiger partial charge is 0.242 e. The molecule has 2 N–H and O–H groups in total. The van der Waals surface area contributed by atoms with Gasteiger partial charge in [0.25, 0.3) is 0 Å². The zero-order chi connectivity index (χ0) is 16.2. The number of amides is 1. The Bertz CT molecular complexity index is 531. The minimum Gasteiger partial charge on any atom is -0.497 e. The summed E-state index contributed by atoms with van der Waals surface area (Å²) in [4.78, 5) is 14.4. The quantitative estimate of drug-likeness (QED) is 0.893. The third-order valence-electron chi connectivity index (χ3n) is 4.42. The van der Waals surface area contributed by atoms with E-state index in [1.165, 1.54) is 6.42 Å².